The molecule has 0 spiro atoms. The first-order valence-electron chi connectivity index (χ1n) is 10.6. The van der Waals surface area contributed by atoms with Crippen molar-refractivity contribution in [1.82, 2.24) is 9.47 Å². The number of nitrogens with zero attached hydrogens (tertiary/aromatic N) is 3. The van der Waals surface area contributed by atoms with E-state index in [1.165, 1.54) is 22.6 Å². The van der Waals surface area contributed by atoms with Crippen molar-refractivity contribution < 1.29 is 4.79 Å². The Morgan fingerprint density at radius 1 is 1.03 bits per heavy atom. The number of benzene rings is 2. The molecule has 31 heavy (non-hydrogen) atoms. The van der Waals surface area contributed by atoms with E-state index in [0.29, 0.717) is 23.4 Å². The first-order chi connectivity index (χ1) is 14.9. The monoisotopic (exact) mass is 431 g/mol. The molecule has 0 bridgehead atoms. The SMILES string of the molecule is Cc1cccc(N2CCN(C(=O)c3cc4c(=O)n(C)c5ccccc5c4s3)CC2C)c1. The van der Waals surface area contributed by atoms with E-state index in [1.54, 1.807) is 17.7 Å². The molecule has 1 unspecified atom stereocenters. The molecule has 1 fully saturated rings. The molecule has 1 amide bonds. The summed E-state index contributed by atoms with van der Waals surface area (Å²) in [6.45, 7) is 6.40. The lowest BCUT2D eigenvalue weighted by molar-refractivity contribution is 0.0731. The Balaban J connectivity index is 1.45. The van der Waals surface area contributed by atoms with Gasteiger partial charge >= 0.3 is 0 Å². The smallest absolute Gasteiger partial charge is 0.264 e. The maximum atomic E-state index is 13.4. The van der Waals surface area contributed by atoms with Gasteiger partial charge in [0.1, 0.15) is 0 Å². The standard InChI is InChI=1S/C25H25N3O2S/c1-16-7-6-8-18(13-16)28-12-11-27(15-17(28)2)25(30)22-14-20-23(31-22)19-9-4-5-10-21(19)26(3)24(20)29/h4-10,13-14,17H,11-12,15H2,1-3H3. The highest BCUT2D eigenvalue weighted by Crippen LogP contribution is 2.31. The van der Waals surface area contributed by atoms with E-state index in [0.717, 1.165) is 22.1 Å². The van der Waals surface area contributed by atoms with E-state index in [9.17, 15) is 9.59 Å². The van der Waals surface area contributed by atoms with E-state index in [4.69, 9.17) is 0 Å². The van der Waals surface area contributed by atoms with Gasteiger partial charge in [0.25, 0.3) is 11.5 Å². The zero-order valence-electron chi connectivity index (χ0n) is 18.0. The quantitative estimate of drug-likeness (QED) is 0.472. The molecule has 1 aliphatic rings. The molecule has 1 saturated heterocycles. The van der Waals surface area contributed by atoms with Crippen LogP contribution in [0.2, 0.25) is 0 Å². The van der Waals surface area contributed by atoms with Gasteiger partial charge < -0.3 is 14.4 Å². The fourth-order valence-corrected chi connectivity index (χ4v) is 5.74. The summed E-state index contributed by atoms with van der Waals surface area (Å²) in [6.07, 6.45) is 0. The van der Waals surface area contributed by atoms with Crippen LogP contribution in [0.1, 0.15) is 22.2 Å². The van der Waals surface area contributed by atoms with Gasteiger partial charge in [-0.1, -0.05) is 30.3 Å². The van der Waals surface area contributed by atoms with Crippen molar-refractivity contribution >= 4 is 43.9 Å². The van der Waals surface area contributed by atoms with Crippen LogP contribution in [0, 0.1) is 6.92 Å². The highest BCUT2D eigenvalue weighted by atomic mass is 32.1. The lowest BCUT2D eigenvalue weighted by atomic mass is 10.1. The Morgan fingerprint density at radius 3 is 2.61 bits per heavy atom. The Bertz CT molecular complexity index is 1370. The number of rotatable bonds is 2. The third-order valence-corrected chi connectivity index (χ3v) is 7.39. The Kier molecular flexibility index (Phi) is 4.82. The van der Waals surface area contributed by atoms with E-state index >= 15 is 0 Å². The molecular formula is C25H25N3O2S. The maximum Gasteiger partial charge on any atom is 0.264 e. The first-order valence-corrected chi connectivity index (χ1v) is 11.4. The highest BCUT2D eigenvalue weighted by Gasteiger charge is 2.29. The zero-order valence-corrected chi connectivity index (χ0v) is 18.8. The molecule has 1 atom stereocenters. The van der Waals surface area contributed by atoms with Crippen LogP contribution in [0.25, 0.3) is 21.0 Å². The van der Waals surface area contributed by atoms with E-state index in [2.05, 4.69) is 43.0 Å². The average molecular weight is 432 g/mol. The van der Waals surface area contributed by atoms with Crippen molar-refractivity contribution in [3.63, 3.8) is 0 Å². The van der Waals surface area contributed by atoms with Gasteiger partial charge in [0, 0.05) is 48.5 Å². The molecule has 0 aliphatic carbocycles. The third-order valence-electron chi connectivity index (χ3n) is 6.24. The molecule has 5 rings (SSSR count). The van der Waals surface area contributed by atoms with Crippen LogP contribution in [-0.4, -0.2) is 41.1 Å². The molecule has 2 aromatic heterocycles. The number of carbonyl (C=O) groups excluding carboxylic acids is 1. The van der Waals surface area contributed by atoms with Crippen molar-refractivity contribution in [3.8, 4) is 0 Å². The molecule has 158 valence electrons. The minimum absolute atomic E-state index is 0.0167. The van der Waals surface area contributed by atoms with Crippen LogP contribution in [0.15, 0.2) is 59.4 Å². The maximum absolute atomic E-state index is 13.4. The molecule has 2 aromatic carbocycles. The average Bonchev–Trinajstić information content (AvgIpc) is 3.23. The summed E-state index contributed by atoms with van der Waals surface area (Å²) in [6, 6.07) is 18.4. The fourth-order valence-electron chi connectivity index (χ4n) is 4.59. The minimum atomic E-state index is -0.0540. The molecule has 0 radical (unpaired) electrons. The van der Waals surface area contributed by atoms with Crippen molar-refractivity contribution in [2.45, 2.75) is 19.9 Å². The summed E-state index contributed by atoms with van der Waals surface area (Å²) >= 11 is 1.43. The van der Waals surface area contributed by atoms with E-state index < -0.39 is 0 Å². The van der Waals surface area contributed by atoms with Crippen LogP contribution in [0.3, 0.4) is 0 Å². The molecule has 6 heteroatoms. The normalized spacial score (nSPS) is 16.9. The molecular weight excluding hydrogens is 406 g/mol. The third kappa shape index (κ3) is 3.31. The number of aryl methyl sites for hydroxylation is 2. The second kappa shape index (κ2) is 7.54. The van der Waals surface area contributed by atoms with Gasteiger partial charge in [-0.05, 0) is 43.7 Å². The molecule has 1 aliphatic heterocycles. The topological polar surface area (TPSA) is 45.6 Å². The Labute approximate surface area is 185 Å². The number of anilines is 1. The van der Waals surface area contributed by atoms with Crippen LogP contribution in [0.4, 0.5) is 5.69 Å². The predicted octanol–water partition coefficient (Wildman–Crippen LogP) is 4.41. The Hall–Kier alpha value is -3.12. The summed E-state index contributed by atoms with van der Waals surface area (Å²) in [4.78, 5) is 31.2. The number of carbonyl (C=O) groups is 1. The van der Waals surface area contributed by atoms with Crippen LogP contribution >= 0.6 is 11.3 Å². The number of fused-ring (bicyclic) bond motifs is 3. The number of amides is 1. The van der Waals surface area contributed by atoms with Crippen LogP contribution < -0.4 is 10.5 Å². The summed E-state index contributed by atoms with van der Waals surface area (Å²) in [7, 11) is 1.79. The van der Waals surface area contributed by atoms with E-state index in [1.807, 2.05) is 29.2 Å². The molecule has 0 N–H and O–H groups in total. The number of hydrogen-bond donors (Lipinski definition) is 0. The number of para-hydroxylation sites is 1. The number of hydrogen-bond acceptors (Lipinski definition) is 4. The first kappa shape index (κ1) is 19.8. The molecule has 3 heterocycles. The van der Waals surface area contributed by atoms with Gasteiger partial charge in [-0.25, -0.2) is 0 Å². The van der Waals surface area contributed by atoms with Gasteiger partial charge in [-0.3, -0.25) is 9.59 Å². The lowest BCUT2D eigenvalue weighted by Crippen LogP contribution is -2.53. The molecule has 0 saturated carbocycles. The summed E-state index contributed by atoms with van der Waals surface area (Å²) < 4.78 is 2.56. The number of aromatic nitrogens is 1. The van der Waals surface area contributed by atoms with Gasteiger partial charge in [0.2, 0.25) is 0 Å². The number of pyridine rings is 1. The Morgan fingerprint density at radius 2 is 1.84 bits per heavy atom. The van der Waals surface area contributed by atoms with E-state index in [-0.39, 0.29) is 17.5 Å². The summed E-state index contributed by atoms with van der Waals surface area (Å²) in [5.74, 6) is 0.0167. The number of piperazine rings is 1. The molecule has 5 nitrogen and oxygen atoms in total. The highest BCUT2D eigenvalue weighted by molar-refractivity contribution is 7.21. The largest absolute Gasteiger partial charge is 0.365 e. The predicted molar refractivity (Wildman–Crippen MR) is 128 cm³/mol. The second-order valence-electron chi connectivity index (χ2n) is 8.37. The van der Waals surface area contributed by atoms with Gasteiger partial charge in [-0.15, -0.1) is 11.3 Å². The lowest BCUT2D eigenvalue weighted by Gasteiger charge is -2.41. The zero-order chi connectivity index (χ0) is 21.7. The van der Waals surface area contributed by atoms with Gasteiger partial charge in [-0.2, -0.15) is 0 Å². The van der Waals surface area contributed by atoms with Crippen molar-refractivity contribution in [1.29, 1.82) is 0 Å². The minimum Gasteiger partial charge on any atom is -0.365 e. The second-order valence-corrected chi connectivity index (χ2v) is 9.42. The van der Waals surface area contributed by atoms with Gasteiger partial charge in [0.15, 0.2) is 0 Å². The van der Waals surface area contributed by atoms with Crippen molar-refractivity contribution in [2.75, 3.05) is 24.5 Å². The fraction of sp³-hybridized carbons (Fsp3) is 0.280. The summed E-state index contributed by atoms with van der Waals surface area (Å²) in [5.41, 5.74) is 3.28. The van der Waals surface area contributed by atoms with Crippen LogP contribution in [-0.2, 0) is 7.05 Å². The molecule has 4 aromatic rings. The van der Waals surface area contributed by atoms with Crippen molar-refractivity contribution in [2.24, 2.45) is 7.05 Å². The number of thiophene rings is 1. The van der Waals surface area contributed by atoms with Crippen LogP contribution in [0.5, 0.6) is 0 Å². The van der Waals surface area contributed by atoms with Gasteiger partial charge in [0.05, 0.1) is 15.8 Å². The van der Waals surface area contributed by atoms with Crippen molar-refractivity contribution in [3.05, 3.63) is 75.4 Å². The summed E-state index contributed by atoms with van der Waals surface area (Å²) in [5, 5.41) is 1.64.